The summed E-state index contributed by atoms with van der Waals surface area (Å²) < 4.78 is 6.71. The second-order valence-corrected chi connectivity index (χ2v) is 7.73. The number of rotatable bonds is 7. The molecule has 4 aromatic rings. The molecule has 0 aliphatic rings. The molecule has 0 bridgehead atoms. The van der Waals surface area contributed by atoms with E-state index in [2.05, 4.69) is 15.6 Å². The van der Waals surface area contributed by atoms with Gasteiger partial charge < -0.3 is 4.74 Å². The molecule has 4 rings (SSSR count). The number of fused-ring (bicyclic) bond motifs is 1. The lowest BCUT2D eigenvalue weighted by atomic mass is 10.1. The Hall–Kier alpha value is -4.53. The second kappa shape index (κ2) is 9.53. The summed E-state index contributed by atoms with van der Waals surface area (Å²) in [5.74, 6) is -1.36. The Kier molecular flexibility index (Phi) is 6.35. The highest BCUT2D eigenvalue weighted by molar-refractivity contribution is 6.02. The Balaban J connectivity index is 1.42. The van der Waals surface area contributed by atoms with Crippen molar-refractivity contribution < 1.29 is 19.1 Å². The van der Waals surface area contributed by atoms with Crippen molar-refractivity contribution in [2.45, 2.75) is 20.3 Å². The molecule has 2 aromatic heterocycles. The molecule has 0 saturated heterocycles. The number of aryl methyl sites for hydroxylation is 1. The van der Waals surface area contributed by atoms with Crippen molar-refractivity contribution in [1.82, 2.24) is 14.9 Å². The number of amides is 1. The van der Waals surface area contributed by atoms with E-state index in [4.69, 9.17) is 4.74 Å². The largest absolute Gasteiger partial charge is 0.457 e. The van der Waals surface area contributed by atoms with Crippen molar-refractivity contribution in [3.63, 3.8) is 0 Å². The molecule has 0 saturated carbocycles. The summed E-state index contributed by atoms with van der Waals surface area (Å²) in [6.45, 7) is 2.99. The number of hydrogen-bond donors (Lipinski definition) is 2. The summed E-state index contributed by atoms with van der Waals surface area (Å²) in [5.41, 5.74) is 4.78. The predicted molar refractivity (Wildman–Crippen MR) is 125 cm³/mol. The van der Waals surface area contributed by atoms with Gasteiger partial charge in [-0.25, -0.2) is 5.10 Å². The molecule has 9 heteroatoms. The molecule has 172 valence electrons. The molecule has 9 nitrogen and oxygen atoms in total. The summed E-state index contributed by atoms with van der Waals surface area (Å²) in [4.78, 5) is 49.5. The lowest BCUT2D eigenvalue weighted by Gasteiger charge is -2.11. The van der Waals surface area contributed by atoms with Crippen molar-refractivity contribution in [2.75, 3.05) is 12.0 Å². The molecule has 0 unspecified atom stereocenters. The molecule has 2 heterocycles. The van der Waals surface area contributed by atoms with E-state index in [0.717, 1.165) is 0 Å². The maximum atomic E-state index is 12.7. The number of aromatic amines is 1. The van der Waals surface area contributed by atoms with Crippen molar-refractivity contribution in [2.24, 2.45) is 0 Å². The van der Waals surface area contributed by atoms with E-state index < -0.39 is 18.4 Å². The number of esters is 1. The molecule has 0 atom stereocenters. The van der Waals surface area contributed by atoms with Crippen LogP contribution in [-0.4, -0.2) is 39.1 Å². The average molecular weight is 458 g/mol. The van der Waals surface area contributed by atoms with Crippen LogP contribution in [0.5, 0.6) is 0 Å². The van der Waals surface area contributed by atoms with E-state index in [9.17, 15) is 19.2 Å². The summed E-state index contributed by atoms with van der Waals surface area (Å²) in [6.07, 6.45) is -0.198. The first-order valence-corrected chi connectivity index (χ1v) is 10.6. The van der Waals surface area contributed by atoms with Crippen LogP contribution in [0.2, 0.25) is 0 Å². The van der Waals surface area contributed by atoms with Crippen LogP contribution in [0.15, 0.2) is 65.5 Å². The van der Waals surface area contributed by atoms with Crippen LogP contribution in [-0.2, 0) is 16.0 Å². The molecular weight excluding hydrogens is 436 g/mol. The van der Waals surface area contributed by atoms with Crippen LogP contribution in [0, 0.1) is 13.8 Å². The Labute approximate surface area is 194 Å². The number of nitrogens with one attached hydrogen (secondary N) is 2. The van der Waals surface area contributed by atoms with Gasteiger partial charge in [0.15, 0.2) is 6.61 Å². The van der Waals surface area contributed by atoms with E-state index in [-0.39, 0.29) is 17.9 Å². The van der Waals surface area contributed by atoms with Gasteiger partial charge in [-0.3, -0.25) is 29.3 Å². The fraction of sp³-hybridized carbons (Fsp3) is 0.160. The Morgan fingerprint density at radius 1 is 1.00 bits per heavy atom. The first-order valence-electron chi connectivity index (χ1n) is 10.6. The van der Waals surface area contributed by atoms with Crippen LogP contribution in [0.3, 0.4) is 0 Å². The highest BCUT2D eigenvalue weighted by atomic mass is 16.5. The normalized spacial score (nSPS) is 10.8. The zero-order valence-corrected chi connectivity index (χ0v) is 18.6. The minimum absolute atomic E-state index is 0.198. The summed E-state index contributed by atoms with van der Waals surface area (Å²) in [5, 5.41) is 7.28. The number of benzene rings is 2. The fourth-order valence-corrected chi connectivity index (χ4v) is 3.69. The van der Waals surface area contributed by atoms with E-state index >= 15 is 0 Å². The first kappa shape index (κ1) is 22.7. The molecular formula is C25H22N4O5. The lowest BCUT2D eigenvalue weighted by molar-refractivity contribution is -0.141. The smallest absolute Gasteiger partial charge is 0.312 e. The number of nitrogens with zero attached hydrogens (tertiary/aromatic N) is 2. The zero-order chi connectivity index (χ0) is 24.2. The molecule has 0 fully saturated rings. The molecule has 1 amide bonds. The van der Waals surface area contributed by atoms with E-state index in [1.165, 1.54) is 4.68 Å². The topological polar surface area (TPSA) is 123 Å². The van der Waals surface area contributed by atoms with E-state index in [1.54, 1.807) is 68.4 Å². The Morgan fingerprint density at radius 2 is 1.68 bits per heavy atom. The predicted octanol–water partition coefficient (Wildman–Crippen LogP) is 2.69. The van der Waals surface area contributed by atoms with Gasteiger partial charge in [-0.15, -0.1) is 0 Å². The van der Waals surface area contributed by atoms with Gasteiger partial charge in [-0.05, 0) is 38.1 Å². The standard InChI is InChI=1S/C25H22N4O5/c1-15-12-20(16(2)29(15)28-24(32)17-8-4-3-5-9-17)22(30)14-34-23(31)13-21-18-10-6-7-11-19(18)25(33)27-26-21/h3-12H,13-14H2,1-2H3,(H,27,33)(H,28,32). The maximum Gasteiger partial charge on any atom is 0.312 e. The number of Topliss-reactive ketones (excluding diaryl/α,β-unsaturated/α-hetero) is 1. The minimum Gasteiger partial charge on any atom is -0.457 e. The number of hydrogen-bond acceptors (Lipinski definition) is 6. The van der Waals surface area contributed by atoms with Gasteiger partial charge in [-0.1, -0.05) is 36.4 Å². The number of carbonyl (C=O) groups excluding carboxylic acids is 3. The minimum atomic E-state index is -0.649. The number of H-pyrrole nitrogens is 1. The summed E-state index contributed by atoms with van der Waals surface area (Å²) >= 11 is 0. The third kappa shape index (κ3) is 4.63. The number of ether oxygens (including phenoxy) is 1. The lowest BCUT2D eigenvalue weighted by Crippen LogP contribution is -2.25. The van der Waals surface area contributed by atoms with E-state index in [0.29, 0.717) is 39.0 Å². The second-order valence-electron chi connectivity index (χ2n) is 7.73. The third-order valence-electron chi connectivity index (χ3n) is 5.43. The Morgan fingerprint density at radius 3 is 2.41 bits per heavy atom. The Bertz CT molecular complexity index is 1450. The average Bonchev–Trinajstić information content (AvgIpc) is 3.13. The number of carbonyl (C=O) groups is 3. The zero-order valence-electron chi connectivity index (χ0n) is 18.6. The molecule has 0 spiro atoms. The highest BCUT2D eigenvalue weighted by Crippen LogP contribution is 2.16. The molecule has 2 N–H and O–H groups in total. The van der Waals surface area contributed by atoms with Crippen LogP contribution in [0.25, 0.3) is 10.8 Å². The maximum absolute atomic E-state index is 12.7. The van der Waals surface area contributed by atoms with Gasteiger partial charge in [0, 0.05) is 27.9 Å². The fourth-order valence-electron chi connectivity index (χ4n) is 3.69. The van der Waals surface area contributed by atoms with Crippen LogP contribution in [0.4, 0.5) is 0 Å². The van der Waals surface area contributed by atoms with Gasteiger partial charge >= 0.3 is 5.97 Å². The monoisotopic (exact) mass is 458 g/mol. The SMILES string of the molecule is Cc1cc(C(=O)COC(=O)Cc2n[nH]c(=O)c3ccccc23)c(C)n1NC(=O)c1ccccc1. The van der Waals surface area contributed by atoms with Gasteiger partial charge in [0.1, 0.15) is 0 Å². The third-order valence-corrected chi connectivity index (χ3v) is 5.43. The van der Waals surface area contributed by atoms with Crippen molar-refractivity contribution in [3.8, 4) is 0 Å². The molecule has 0 aliphatic heterocycles. The van der Waals surface area contributed by atoms with Gasteiger partial charge in [0.05, 0.1) is 17.5 Å². The van der Waals surface area contributed by atoms with Crippen LogP contribution in [0.1, 0.15) is 37.8 Å². The summed E-state index contributed by atoms with van der Waals surface area (Å²) in [7, 11) is 0. The van der Waals surface area contributed by atoms with Gasteiger partial charge in [-0.2, -0.15) is 5.10 Å². The van der Waals surface area contributed by atoms with Crippen LogP contribution >= 0.6 is 0 Å². The molecule has 0 radical (unpaired) electrons. The van der Waals surface area contributed by atoms with Gasteiger partial charge in [0.25, 0.3) is 11.5 Å². The van der Waals surface area contributed by atoms with E-state index in [1.807, 2.05) is 6.07 Å². The highest BCUT2D eigenvalue weighted by Gasteiger charge is 2.20. The molecule has 34 heavy (non-hydrogen) atoms. The quantitative estimate of drug-likeness (QED) is 0.324. The molecule has 2 aromatic carbocycles. The van der Waals surface area contributed by atoms with Gasteiger partial charge in [0.2, 0.25) is 5.78 Å². The molecule has 0 aliphatic carbocycles. The van der Waals surface area contributed by atoms with Crippen molar-refractivity contribution in [3.05, 3.63) is 99.2 Å². The van der Waals surface area contributed by atoms with Crippen molar-refractivity contribution in [1.29, 1.82) is 0 Å². The first-order chi connectivity index (χ1) is 16.3. The number of ketones is 1. The number of aromatic nitrogens is 3. The van der Waals surface area contributed by atoms with Crippen molar-refractivity contribution >= 4 is 28.4 Å². The van der Waals surface area contributed by atoms with Crippen LogP contribution < -0.4 is 11.0 Å². The summed E-state index contributed by atoms with van der Waals surface area (Å²) in [6, 6.07) is 17.2.